The molecule has 0 radical (unpaired) electrons. The van der Waals surface area contributed by atoms with Crippen LogP contribution in [0.5, 0.6) is 0 Å². The van der Waals surface area contributed by atoms with Gasteiger partial charge in [0.1, 0.15) is 12.6 Å². The van der Waals surface area contributed by atoms with Crippen LogP contribution in [0.3, 0.4) is 0 Å². The predicted molar refractivity (Wildman–Crippen MR) is 83.1 cm³/mol. The summed E-state index contributed by atoms with van der Waals surface area (Å²) < 4.78 is 43.1. The van der Waals surface area contributed by atoms with Gasteiger partial charge >= 0.3 is 12.1 Å². The third-order valence-corrected chi connectivity index (χ3v) is 4.72. The molecule has 0 aromatic rings. The summed E-state index contributed by atoms with van der Waals surface area (Å²) >= 11 is 0. The largest absolute Gasteiger partial charge is 0.479 e. The summed E-state index contributed by atoms with van der Waals surface area (Å²) in [6.07, 6.45) is -4.94. The summed E-state index contributed by atoms with van der Waals surface area (Å²) in [7, 11) is 0. The van der Waals surface area contributed by atoms with Crippen LogP contribution in [-0.4, -0.2) is 77.3 Å². The Morgan fingerprint density at radius 3 is 2.38 bits per heavy atom. The number of alkyl halides is 3. The number of aliphatic carboxylic acids is 1. The van der Waals surface area contributed by atoms with Crippen LogP contribution in [0.4, 0.5) is 13.2 Å². The van der Waals surface area contributed by atoms with Crippen molar-refractivity contribution in [1.29, 1.82) is 0 Å². The number of carbonyl (C=O) groups is 3. The van der Waals surface area contributed by atoms with E-state index in [-0.39, 0.29) is 25.9 Å². The van der Waals surface area contributed by atoms with Gasteiger partial charge in [-0.2, -0.15) is 13.2 Å². The Hall–Kier alpha value is -1.84. The van der Waals surface area contributed by atoms with Gasteiger partial charge in [0.25, 0.3) is 5.91 Å². The molecule has 2 fully saturated rings. The first kappa shape index (κ1) is 20.5. The SMILES string of the molecule is CCN(CC(F)(F)F)C(=O)C1CCCN(C(=O)[C@@H]2CC[C@H](C(=O)O)O2)C1. The highest BCUT2D eigenvalue weighted by Gasteiger charge is 2.40. The number of carbonyl (C=O) groups excluding carboxylic acids is 2. The van der Waals surface area contributed by atoms with Crippen molar-refractivity contribution in [3.63, 3.8) is 0 Å². The van der Waals surface area contributed by atoms with Crippen molar-refractivity contribution < 1.29 is 37.4 Å². The van der Waals surface area contributed by atoms with Crippen molar-refractivity contribution in [3.05, 3.63) is 0 Å². The Morgan fingerprint density at radius 2 is 1.85 bits per heavy atom. The predicted octanol–water partition coefficient (Wildman–Crippen LogP) is 1.27. The maximum Gasteiger partial charge on any atom is 0.406 e. The van der Waals surface area contributed by atoms with Gasteiger partial charge in [-0.3, -0.25) is 9.59 Å². The second kappa shape index (κ2) is 8.24. The third-order valence-electron chi connectivity index (χ3n) is 4.72. The fourth-order valence-corrected chi connectivity index (χ4v) is 3.40. The van der Waals surface area contributed by atoms with Gasteiger partial charge in [0.05, 0.1) is 5.92 Å². The lowest BCUT2D eigenvalue weighted by molar-refractivity contribution is -0.165. The summed E-state index contributed by atoms with van der Waals surface area (Å²) in [5.74, 6) is -2.83. The molecule has 2 aliphatic rings. The molecule has 2 saturated heterocycles. The zero-order valence-electron chi connectivity index (χ0n) is 14.5. The number of hydrogen-bond donors (Lipinski definition) is 1. The smallest absolute Gasteiger partial charge is 0.406 e. The Morgan fingerprint density at radius 1 is 1.19 bits per heavy atom. The van der Waals surface area contributed by atoms with E-state index in [1.807, 2.05) is 0 Å². The first-order chi connectivity index (χ1) is 12.1. The second-order valence-corrected chi connectivity index (χ2v) is 6.62. The Kier molecular flexibility index (Phi) is 6.48. The van der Waals surface area contributed by atoms with E-state index in [0.29, 0.717) is 19.4 Å². The van der Waals surface area contributed by atoms with Gasteiger partial charge < -0.3 is 19.6 Å². The number of rotatable bonds is 5. The molecule has 1 unspecified atom stereocenters. The lowest BCUT2D eigenvalue weighted by Gasteiger charge is -2.35. The summed E-state index contributed by atoms with van der Waals surface area (Å²) in [6, 6.07) is 0. The van der Waals surface area contributed by atoms with Crippen LogP contribution in [0.15, 0.2) is 0 Å². The van der Waals surface area contributed by atoms with Gasteiger partial charge in [-0.05, 0) is 32.6 Å². The number of halogens is 3. The van der Waals surface area contributed by atoms with E-state index in [4.69, 9.17) is 9.84 Å². The number of hydrogen-bond acceptors (Lipinski definition) is 4. The van der Waals surface area contributed by atoms with Crippen LogP contribution in [0.2, 0.25) is 0 Å². The number of carboxylic acids is 1. The van der Waals surface area contributed by atoms with E-state index >= 15 is 0 Å². The van der Waals surface area contributed by atoms with Crippen molar-refractivity contribution in [2.24, 2.45) is 5.92 Å². The van der Waals surface area contributed by atoms with Crippen molar-refractivity contribution in [2.45, 2.75) is 51.0 Å². The summed E-state index contributed by atoms with van der Waals surface area (Å²) in [4.78, 5) is 38.0. The van der Waals surface area contributed by atoms with Crippen LogP contribution >= 0.6 is 0 Å². The Balaban J connectivity index is 1.96. The van der Waals surface area contributed by atoms with Gasteiger partial charge in [-0.15, -0.1) is 0 Å². The molecule has 0 aliphatic carbocycles. The molecule has 0 aromatic heterocycles. The van der Waals surface area contributed by atoms with Crippen molar-refractivity contribution in [2.75, 3.05) is 26.2 Å². The van der Waals surface area contributed by atoms with Crippen LogP contribution in [0.25, 0.3) is 0 Å². The zero-order valence-corrected chi connectivity index (χ0v) is 14.5. The van der Waals surface area contributed by atoms with Gasteiger partial charge in [0, 0.05) is 19.6 Å². The minimum Gasteiger partial charge on any atom is -0.479 e. The molecule has 0 bridgehead atoms. The van der Waals surface area contributed by atoms with Crippen LogP contribution in [0.1, 0.15) is 32.6 Å². The van der Waals surface area contributed by atoms with Crippen molar-refractivity contribution in [3.8, 4) is 0 Å². The highest BCUT2D eigenvalue weighted by Crippen LogP contribution is 2.26. The number of carboxylic acid groups (broad SMARTS) is 1. The standard InChI is InChI=1S/C16H23F3N2O5/c1-2-20(9-16(17,18)19)13(22)10-4-3-7-21(8-10)14(23)11-5-6-12(26-11)15(24)25/h10-12H,2-9H2,1H3,(H,24,25)/t10?,11-,12+/m0/s1. The quantitative estimate of drug-likeness (QED) is 0.776. The highest BCUT2D eigenvalue weighted by molar-refractivity contribution is 5.84. The molecular weight excluding hydrogens is 357 g/mol. The minimum atomic E-state index is -4.47. The van der Waals surface area contributed by atoms with Crippen molar-refractivity contribution >= 4 is 17.8 Å². The van der Waals surface area contributed by atoms with Crippen LogP contribution < -0.4 is 0 Å². The van der Waals surface area contributed by atoms with Gasteiger partial charge in [-0.1, -0.05) is 0 Å². The summed E-state index contributed by atoms with van der Waals surface area (Å²) in [6.45, 7) is 0.524. The van der Waals surface area contributed by atoms with Crippen molar-refractivity contribution in [1.82, 2.24) is 9.80 Å². The van der Waals surface area contributed by atoms with E-state index in [0.717, 1.165) is 4.90 Å². The molecular formula is C16H23F3N2O5. The summed E-state index contributed by atoms with van der Waals surface area (Å²) in [5, 5.41) is 8.93. The molecule has 10 heteroatoms. The summed E-state index contributed by atoms with van der Waals surface area (Å²) in [5.41, 5.74) is 0. The molecule has 148 valence electrons. The molecule has 2 aliphatic heterocycles. The molecule has 2 heterocycles. The zero-order chi connectivity index (χ0) is 19.5. The monoisotopic (exact) mass is 380 g/mol. The van der Waals surface area contributed by atoms with Crippen LogP contribution in [-0.2, 0) is 19.1 Å². The average Bonchev–Trinajstić information content (AvgIpc) is 3.08. The van der Waals surface area contributed by atoms with Gasteiger partial charge in [-0.25, -0.2) is 4.79 Å². The van der Waals surface area contributed by atoms with E-state index in [2.05, 4.69) is 0 Å². The molecule has 0 spiro atoms. The third kappa shape index (κ3) is 5.09. The van der Waals surface area contributed by atoms with E-state index in [9.17, 15) is 27.6 Å². The first-order valence-corrected chi connectivity index (χ1v) is 8.65. The molecule has 1 N–H and O–H groups in total. The lowest BCUT2D eigenvalue weighted by Crippen LogP contribution is -2.50. The fourth-order valence-electron chi connectivity index (χ4n) is 3.40. The molecule has 26 heavy (non-hydrogen) atoms. The first-order valence-electron chi connectivity index (χ1n) is 8.65. The maximum atomic E-state index is 12.6. The highest BCUT2D eigenvalue weighted by atomic mass is 19.4. The molecule has 0 saturated carbocycles. The maximum absolute atomic E-state index is 12.6. The minimum absolute atomic E-state index is 0.0314. The number of piperidine rings is 1. The molecule has 2 amide bonds. The topological polar surface area (TPSA) is 87.2 Å². The van der Waals surface area contributed by atoms with Gasteiger partial charge in [0.2, 0.25) is 5.91 Å². The fraction of sp³-hybridized carbons (Fsp3) is 0.812. The van der Waals surface area contributed by atoms with Crippen LogP contribution in [0, 0.1) is 5.92 Å². The molecule has 7 nitrogen and oxygen atoms in total. The normalized spacial score (nSPS) is 26.6. The number of ether oxygens (including phenoxy) is 1. The molecule has 2 rings (SSSR count). The second-order valence-electron chi connectivity index (χ2n) is 6.62. The Bertz CT molecular complexity index is 554. The van der Waals surface area contributed by atoms with E-state index in [1.54, 1.807) is 0 Å². The number of likely N-dealkylation sites (tertiary alicyclic amines) is 1. The van der Waals surface area contributed by atoms with E-state index < -0.39 is 48.6 Å². The average molecular weight is 380 g/mol. The number of nitrogens with zero attached hydrogens (tertiary/aromatic N) is 2. The number of amides is 2. The molecule has 3 atom stereocenters. The molecule has 0 aromatic carbocycles. The lowest BCUT2D eigenvalue weighted by atomic mass is 9.95. The van der Waals surface area contributed by atoms with E-state index in [1.165, 1.54) is 11.8 Å². The van der Waals surface area contributed by atoms with Gasteiger partial charge in [0.15, 0.2) is 6.10 Å². The Labute approximate surface area is 149 Å².